The predicted octanol–water partition coefficient (Wildman–Crippen LogP) is 3.26. The van der Waals surface area contributed by atoms with E-state index in [9.17, 15) is 10.1 Å². The van der Waals surface area contributed by atoms with Crippen molar-refractivity contribution in [2.75, 3.05) is 5.32 Å². The molecular formula is C15H12N4O3. The summed E-state index contributed by atoms with van der Waals surface area (Å²) in [7, 11) is 0. The summed E-state index contributed by atoms with van der Waals surface area (Å²) in [5.74, 6) is 1.09. The number of nitrogens with zero attached hydrogens (tertiary/aromatic N) is 3. The van der Waals surface area contributed by atoms with Gasteiger partial charge in [0.05, 0.1) is 17.2 Å². The van der Waals surface area contributed by atoms with E-state index in [1.54, 1.807) is 12.3 Å². The van der Waals surface area contributed by atoms with Crippen molar-refractivity contribution in [1.29, 1.82) is 0 Å². The van der Waals surface area contributed by atoms with E-state index in [0.29, 0.717) is 18.3 Å². The van der Waals surface area contributed by atoms with Gasteiger partial charge in [-0.1, -0.05) is 18.2 Å². The molecule has 0 aliphatic heterocycles. The number of rotatable bonds is 5. The Hall–Kier alpha value is -3.22. The summed E-state index contributed by atoms with van der Waals surface area (Å²) in [5.41, 5.74) is 1.58. The number of pyridine rings is 1. The topological polar surface area (TPSA) is 94.1 Å². The van der Waals surface area contributed by atoms with Gasteiger partial charge in [-0.15, -0.1) is 0 Å². The van der Waals surface area contributed by atoms with Gasteiger partial charge in [0.2, 0.25) is 5.89 Å². The molecule has 0 aliphatic rings. The lowest BCUT2D eigenvalue weighted by molar-refractivity contribution is -0.385. The molecular weight excluding hydrogens is 284 g/mol. The van der Waals surface area contributed by atoms with E-state index >= 15 is 0 Å². The van der Waals surface area contributed by atoms with E-state index < -0.39 is 4.92 Å². The number of nitrogens with one attached hydrogen (secondary N) is 1. The molecule has 0 atom stereocenters. The van der Waals surface area contributed by atoms with Gasteiger partial charge in [-0.05, 0) is 18.2 Å². The third-order valence-corrected chi connectivity index (χ3v) is 2.98. The number of hydrogen-bond donors (Lipinski definition) is 1. The molecule has 0 unspecified atom stereocenters. The Balaban J connectivity index is 1.65. The van der Waals surface area contributed by atoms with Gasteiger partial charge in [-0.25, -0.2) is 9.97 Å². The first-order valence-corrected chi connectivity index (χ1v) is 6.56. The van der Waals surface area contributed by atoms with Crippen molar-refractivity contribution in [2.45, 2.75) is 6.54 Å². The Morgan fingerprint density at radius 3 is 2.68 bits per heavy atom. The van der Waals surface area contributed by atoms with Crippen molar-refractivity contribution in [2.24, 2.45) is 0 Å². The molecule has 0 saturated carbocycles. The molecule has 3 aromatic rings. The summed E-state index contributed by atoms with van der Waals surface area (Å²) in [4.78, 5) is 18.4. The third kappa shape index (κ3) is 3.09. The van der Waals surface area contributed by atoms with E-state index in [0.717, 1.165) is 11.3 Å². The van der Waals surface area contributed by atoms with Gasteiger partial charge in [-0.3, -0.25) is 10.1 Å². The number of oxazole rings is 1. The fraction of sp³-hybridized carbons (Fsp3) is 0.0667. The van der Waals surface area contributed by atoms with Crippen LogP contribution in [0.4, 0.5) is 11.5 Å². The molecule has 0 spiro atoms. The highest BCUT2D eigenvalue weighted by atomic mass is 16.6. The third-order valence-electron chi connectivity index (χ3n) is 2.98. The molecule has 0 saturated heterocycles. The molecule has 1 aromatic carbocycles. The molecule has 0 bridgehead atoms. The van der Waals surface area contributed by atoms with Crippen LogP contribution >= 0.6 is 0 Å². The highest BCUT2D eigenvalue weighted by Crippen LogP contribution is 2.18. The Labute approximate surface area is 125 Å². The predicted molar refractivity (Wildman–Crippen MR) is 80.2 cm³/mol. The van der Waals surface area contributed by atoms with Crippen LogP contribution in [0.5, 0.6) is 0 Å². The minimum atomic E-state index is -0.486. The van der Waals surface area contributed by atoms with Crippen LogP contribution in [0.3, 0.4) is 0 Å². The zero-order valence-corrected chi connectivity index (χ0v) is 11.5. The highest BCUT2D eigenvalue weighted by Gasteiger charge is 2.08. The zero-order valence-electron chi connectivity index (χ0n) is 11.5. The minimum absolute atomic E-state index is 0.0432. The second-order valence-electron chi connectivity index (χ2n) is 4.52. The molecule has 22 heavy (non-hydrogen) atoms. The molecule has 2 aromatic heterocycles. The van der Waals surface area contributed by atoms with Gasteiger partial charge < -0.3 is 9.73 Å². The summed E-state index contributed by atoms with van der Waals surface area (Å²) in [6.45, 7) is 0.418. The van der Waals surface area contributed by atoms with Gasteiger partial charge in [0.1, 0.15) is 18.3 Å². The first kappa shape index (κ1) is 13.7. The van der Waals surface area contributed by atoms with Crippen molar-refractivity contribution in [3.05, 3.63) is 70.7 Å². The van der Waals surface area contributed by atoms with E-state index in [1.807, 2.05) is 30.3 Å². The summed E-state index contributed by atoms with van der Waals surface area (Å²) in [6.07, 6.45) is 2.78. The van der Waals surface area contributed by atoms with Crippen LogP contribution in [-0.2, 0) is 6.54 Å². The second kappa shape index (κ2) is 6.04. The van der Waals surface area contributed by atoms with Crippen molar-refractivity contribution >= 4 is 11.5 Å². The summed E-state index contributed by atoms with van der Waals surface area (Å²) < 4.78 is 5.43. The number of aromatic nitrogens is 2. The maximum atomic E-state index is 10.6. The van der Waals surface area contributed by atoms with Crippen molar-refractivity contribution in [3.63, 3.8) is 0 Å². The van der Waals surface area contributed by atoms with Crippen LogP contribution in [0.25, 0.3) is 11.5 Å². The van der Waals surface area contributed by atoms with Crippen molar-refractivity contribution < 1.29 is 9.34 Å². The van der Waals surface area contributed by atoms with E-state index in [4.69, 9.17) is 4.42 Å². The van der Waals surface area contributed by atoms with Gasteiger partial charge in [-0.2, -0.15) is 0 Å². The van der Waals surface area contributed by atoms with Crippen LogP contribution < -0.4 is 5.32 Å². The molecule has 0 amide bonds. The summed E-state index contributed by atoms with van der Waals surface area (Å²) in [6, 6.07) is 12.5. The standard InChI is InChI=1S/C15H12N4O3/c20-19(21)13-6-7-14(17-9-13)16-8-12-10-22-15(18-12)11-4-2-1-3-5-11/h1-7,9-10H,8H2,(H,16,17). The van der Waals surface area contributed by atoms with Crippen LogP contribution in [0, 0.1) is 10.1 Å². The number of nitro groups is 1. The maximum Gasteiger partial charge on any atom is 0.287 e. The van der Waals surface area contributed by atoms with E-state index in [-0.39, 0.29) is 5.69 Å². The highest BCUT2D eigenvalue weighted by molar-refractivity contribution is 5.52. The molecule has 2 heterocycles. The fourth-order valence-corrected chi connectivity index (χ4v) is 1.88. The molecule has 110 valence electrons. The molecule has 3 rings (SSSR count). The molecule has 7 heteroatoms. The van der Waals surface area contributed by atoms with Crippen LogP contribution in [0.2, 0.25) is 0 Å². The molecule has 7 nitrogen and oxygen atoms in total. The average molecular weight is 296 g/mol. The smallest absolute Gasteiger partial charge is 0.287 e. The number of hydrogen-bond acceptors (Lipinski definition) is 6. The Kier molecular flexibility index (Phi) is 3.78. The molecule has 0 aliphatic carbocycles. The average Bonchev–Trinajstić information content (AvgIpc) is 3.03. The summed E-state index contributed by atoms with van der Waals surface area (Å²) >= 11 is 0. The normalized spacial score (nSPS) is 10.4. The maximum absolute atomic E-state index is 10.6. The molecule has 0 fully saturated rings. The Morgan fingerprint density at radius 1 is 1.18 bits per heavy atom. The molecule has 1 N–H and O–H groups in total. The number of benzene rings is 1. The Morgan fingerprint density at radius 2 is 2.00 bits per heavy atom. The largest absolute Gasteiger partial charge is 0.444 e. The van der Waals surface area contributed by atoms with Gasteiger partial charge in [0.15, 0.2) is 0 Å². The SMILES string of the molecule is O=[N+]([O-])c1ccc(NCc2coc(-c3ccccc3)n2)nc1. The van der Waals surface area contributed by atoms with Gasteiger partial charge >= 0.3 is 0 Å². The minimum Gasteiger partial charge on any atom is -0.444 e. The quantitative estimate of drug-likeness (QED) is 0.573. The van der Waals surface area contributed by atoms with E-state index in [1.165, 1.54) is 12.3 Å². The van der Waals surface area contributed by atoms with Gasteiger partial charge in [0, 0.05) is 11.6 Å². The van der Waals surface area contributed by atoms with E-state index in [2.05, 4.69) is 15.3 Å². The van der Waals surface area contributed by atoms with Crippen molar-refractivity contribution in [3.8, 4) is 11.5 Å². The first-order valence-electron chi connectivity index (χ1n) is 6.56. The lowest BCUT2D eigenvalue weighted by Crippen LogP contribution is -2.01. The monoisotopic (exact) mass is 296 g/mol. The molecule has 0 radical (unpaired) electrons. The lowest BCUT2D eigenvalue weighted by Gasteiger charge is -2.01. The first-order chi connectivity index (χ1) is 10.7. The van der Waals surface area contributed by atoms with Crippen LogP contribution in [0.1, 0.15) is 5.69 Å². The lowest BCUT2D eigenvalue weighted by atomic mass is 10.2. The Bertz CT molecular complexity index is 769. The second-order valence-corrected chi connectivity index (χ2v) is 4.52. The van der Waals surface area contributed by atoms with Crippen molar-refractivity contribution in [1.82, 2.24) is 9.97 Å². The van der Waals surface area contributed by atoms with Crippen LogP contribution in [0.15, 0.2) is 59.3 Å². The van der Waals surface area contributed by atoms with Crippen LogP contribution in [-0.4, -0.2) is 14.9 Å². The van der Waals surface area contributed by atoms with Gasteiger partial charge in [0.25, 0.3) is 5.69 Å². The fourth-order valence-electron chi connectivity index (χ4n) is 1.88. The zero-order chi connectivity index (χ0) is 15.4. The number of anilines is 1. The summed E-state index contributed by atoms with van der Waals surface area (Å²) in [5, 5.41) is 13.6.